The van der Waals surface area contributed by atoms with Crippen molar-refractivity contribution < 1.29 is 23.9 Å². The largest absolute Gasteiger partial charge is 0.456 e. The Bertz CT molecular complexity index is 1220. The molecule has 1 N–H and O–H groups in total. The third-order valence-electron chi connectivity index (χ3n) is 5.37. The van der Waals surface area contributed by atoms with Crippen LogP contribution < -0.4 is 5.32 Å². The minimum Gasteiger partial charge on any atom is -0.456 e. The molecule has 4 rings (SSSR count). The quantitative estimate of drug-likeness (QED) is 0.392. The third kappa shape index (κ3) is 5.74. The number of thiazole rings is 1. The molecule has 1 aliphatic rings. The molecule has 34 heavy (non-hydrogen) atoms. The number of anilines is 1. The van der Waals surface area contributed by atoms with E-state index in [0.29, 0.717) is 16.3 Å². The Morgan fingerprint density at radius 2 is 1.76 bits per heavy atom. The Morgan fingerprint density at radius 1 is 1.06 bits per heavy atom. The van der Waals surface area contributed by atoms with Crippen molar-refractivity contribution in [1.29, 1.82) is 0 Å². The second kappa shape index (κ2) is 10.4. The summed E-state index contributed by atoms with van der Waals surface area (Å²) in [6, 6.07) is 14.1. The average molecular weight is 478 g/mol. The van der Waals surface area contributed by atoms with Gasteiger partial charge in [0.15, 0.2) is 0 Å². The van der Waals surface area contributed by atoms with Crippen molar-refractivity contribution in [3.05, 3.63) is 81.3 Å². The number of rotatable bonds is 8. The van der Waals surface area contributed by atoms with Crippen LogP contribution in [0.2, 0.25) is 0 Å². The van der Waals surface area contributed by atoms with Gasteiger partial charge in [0.05, 0.1) is 24.2 Å². The van der Waals surface area contributed by atoms with E-state index >= 15 is 0 Å². The number of hydrogen-bond acceptors (Lipinski definition) is 7. The van der Waals surface area contributed by atoms with Crippen molar-refractivity contribution in [3.8, 4) is 0 Å². The number of aromatic nitrogens is 1. The van der Waals surface area contributed by atoms with Crippen molar-refractivity contribution in [3.63, 3.8) is 0 Å². The van der Waals surface area contributed by atoms with E-state index in [1.807, 2.05) is 31.2 Å². The number of aryl methyl sites for hydroxylation is 1. The molecule has 0 atom stereocenters. The van der Waals surface area contributed by atoms with E-state index < -0.39 is 5.97 Å². The first-order chi connectivity index (χ1) is 16.4. The number of ether oxygens (including phenoxy) is 1. The van der Waals surface area contributed by atoms with E-state index in [0.717, 1.165) is 16.8 Å². The lowest BCUT2D eigenvalue weighted by Gasteiger charge is -2.13. The van der Waals surface area contributed by atoms with Gasteiger partial charge in [-0.25, -0.2) is 9.78 Å². The van der Waals surface area contributed by atoms with Gasteiger partial charge in [-0.15, -0.1) is 11.3 Å². The lowest BCUT2D eigenvalue weighted by Crippen LogP contribution is -2.28. The maximum absolute atomic E-state index is 12.4. The fourth-order valence-corrected chi connectivity index (χ4v) is 4.27. The number of hydrogen-bond donors (Lipinski definition) is 1. The molecule has 0 spiro atoms. The van der Waals surface area contributed by atoms with Crippen LogP contribution in [0.15, 0.2) is 53.9 Å². The van der Waals surface area contributed by atoms with E-state index in [-0.39, 0.29) is 50.1 Å². The fourth-order valence-electron chi connectivity index (χ4n) is 3.49. The van der Waals surface area contributed by atoms with E-state index in [2.05, 4.69) is 10.3 Å². The van der Waals surface area contributed by atoms with Gasteiger partial charge in [-0.3, -0.25) is 19.3 Å². The maximum Gasteiger partial charge on any atom is 0.338 e. The topological polar surface area (TPSA) is 106 Å². The lowest BCUT2D eigenvalue weighted by molar-refractivity contribution is -0.139. The Labute approximate surface area is 200 Å². The van der Waals surface area contributed by atoms with Crippen LogP contribution >= 0.6 is 11.3 Å². The number of benzene rings is 2. The molecular weight excluding hydrogens is 454 g/mol. The molecule has 1 fully saturated rings. The molecule has 1 aromatic heterocycles. The van der Waals surface area contributed by atoms with Crippen LogP contribution in [0.3, 0.4) is 0 Å². The molecule has 2 aromatic carbocycles. The first-order valence-electron chi connectivity index (χ1n) is 10.8. The highest BCUT2D eigenvalue weighted by Gasteiger charge is 2.28. The third-order valence-corrected chi connectivity index (χ3v) is 6.26. The van der Waals surface area contributed by atoms with Crippen molar-refractivity contribution in [2.45, 2.75) is 39.3 Å². The molecule has 174 valence electrons. The standard InChI is InChI=1S/C25H23N3O5S/c1-16-4-2-3-5-20(16)27-21(29)12-22-26-19(15-34-22)14-33-25(32)18-8-6-17(7-9-18)13-28-23(30)10-11-24(28)31/h2-9,15H,10-14H2,1H3,(H,27,29). The van der Waals surface area contributed by atoms with Gasteiger partial charge < -0.3 is 10.1 Å². The second-order valence-electron chi connectivity index (χ2n) is 7.92. The summed E-state index contributed by atoms with van der Waals surface area (Å²) in [6.45, 7) is 2.12. The van der Waals surface area contributed by atoms with Crippen molar-refractivity contribution in [2.75, 3.05) is 5.32 Å². The minimum atomic E-state index is -0.508. The number of nitrogens with zero attached hydrogens (tertiary/aromatic N) is 2. The molecule has 0 saturated carbocycles. The molecule has 0 unspecified atom stereocenters. The Balaban J connectivity index is 1.26. The van der Waals surface area contributed by atoms with Gasteiger partial charge >= 0.3 is 5.97 Å². The van der Waals surface area contributed by atoms with Gasteiger partial charge in [0.25, 0.3) is 0 Å². The van der Waals surface area contributed by atoms with Crippen LogP contribution in [0.1, 0.15) is 45.0 Å². The van der Waals surface area contributed by atoms with Gasteiger partial charge in [0.2, 0.25) is 17.7 Å². The summed E-state index contributed by atoms with van der Waals surface area (Å²) in [5.41, 5.74) is 3.43. The first kappa shape index (κ1) is 23.3. The molecule has 1 aliphatic heterocycles. The number of para-hydroxylation sites is 1. The smallest absolute Gasteiger partial charge is 0.338 e. The highest BCUT2D eigenvalue weighted by Crippen LogP contribution is 2.18. The Hall–Kier alpha value is -3.85. The van der Waals surface area contributed by atoms with Gasteiger partial charge in [-0.05, 0) is 36.2 Å². The summed E-state index contributed by atoms with van der Waals surface area (Å²) >= 11 is 1.33. The van der Waals surface area contributed by atoms with Gasteiger partial charge in [0, 0.05) is 23.9 Å². The van der Waals surface area contributed by atoms with Crippen LogP contribution in [0.25, 0.3) is 0 Å². The number of likely N-dealkylation sites (tertiary alicyclic amines) is 1. The summed E-state index contributed by atoms with van der Waals surface area (Å²) in [5, 5.41) is 5.27. The predicted octanol–water partition coefficient (Wildman–Crippen LogP) is 3.64. The van der Waals surface area contributed by atoms with Crippen LogP contribution in [-0.4, -0.2) is 33.6 Å². The highest BCUT2D eigenvalue weighted by atomic mass is 32.1. The molecule has 3 aromatic rings. The van der Waals surface area contributed by atoms with E-state index in [1.165, 1.54) is 16.2 Å². The second-order valence-corrected chi connectivity index (χ2v) is 8.86. The molecular formula is C25H23N3O5S. The molecule has 8 nitrogen and oxygen atoms in total. The van der Waals surface area contributed by atoms with Crippen LogP contribution in [0.5, 0.6) is 0 Å². The fraction of sp³-hybridized carbons (Fsp3) is 0.240. The van der Waals surface area contributed by atoms with Crippen molar-refractivity contribution >= 4 is 40.7 Å². The molecule has 0 radical (unpaired) electrons. The Morgan fingerprint density at radius 3 is 2.47 bits per heavy atom. The number of imide groups is 1. The minimum absolute atomic E-state index is 0.00667. The van der Waals surface area contributed by atoms with Gasteiger partial charge in [-0.2, -0.15) is 0 Å². The normalized spacial score (nSPS) is 13.3. The Kier molecular flexibility index (Phi) is 7.12. The predicted molar refractivity (Wildman–Crippen MR) is 126 cm³/mol. The van der Waals surface area contributed by atoms with Crippen LogP contribution in [-0.2, 0) is 38.7 Å². The molecule has 0 aliphatic carbocycles. The molecule has 1 saturated heterocycles. The van der Waals surface area contributed by atoms with Gasteiger partial charge in [-0.1, -0.05) is 30.3 Å². The number of nitrogens with one attached hydrogen (secondary N) is 1. The number of esters is 1. The lowest BCUT2D eigenvalue weighted by atomic mass is 10.1. The molecule has 9 heteroatoms. The van der Waals surface area contributed by atoms with E-state index in [9.17, 15) is 19.2 Å². The van der Waals surface area contributed by atoms with E-state index in [4.69, 9.17) is 4.74 Å². The molecule has 3 amide bonds. The summed E-state index contributed by atoms with van der Waals surface area (Å²) in [4.78, 5) is 53.8. The zero-order valence-electron chi connectivity index (χ0n) is 18.6. The number of carbonyl (C=O) groups is 4. The first-order valence-corrected chi connectivity index (χ1v) is 11.6. The molecule has 2 heterocycles. The maximum atomic E-state index is 12.4. The zero-order chi connectivity index (χ0) is 24.1. The van der Waals surface area contributed by atoms with Crippen molar-refractivity contribution in [1.82, 2.24) is 9.88 Å². The average Bonchev–Trinajstić information content (AvgIpc) is 3.40. The van der Waals surface area contributed by atoms with Gasteiger partial charge in [0.1, 0.15) is 11.6 Å². The van der Waals surface area contributed by atoms with Crippen LogP contribution in [0, 0.1) is 6.92 Å². The molecule has 0 bridgehead atoms. The summed E-state index contributed by atoms with van der Waals surface area (Å²) in [6.07, 6.45) is 0.633. The van der Waals surface area contributed by atoms with E-state index in [1.54, 1.807) is 29.6 Å². The number of carbonyl (C=O) groups excluding carboxylic acids is 4. The van der Waals surface area contributed by atoms with Crippen LogP contribution in [0.4, 0.5) is 5.69 Å². The summed E-state index contributed by atoms with van der Waals surface area (Å²) in [7, 11) is 0. The van der Waals surface area contributed by atoms with Crippen molar-refractivity contribution in [2.24, 2.45) is 0 Å². The monoisotopic (exact) mass is 477 g/mol. The zero-order valence-corrected chi connectivity index (χ0v) is 19.4. The highest BCUT2D eigenvalue weighted by molar-refractivity contribution is 7.09. The summed E-state index contributed by atoms with van der Waals surface area (Å²) < 4.78 is 5.34. The SMILES string of the molecule is Cc1ccccc1NC(=O)Cc1nc(COC(=O)c2ccc(CN3C(=O)CCC3=O)cc2)cs1. The number of amides is 3. The summed E-state index contributed by atoms with van der Waals surface area (Å²) in [5.74, 6) is -1.02.